The number of anilines is 1. The lowest BCUT2D eigenvalue weighted by Gasteiger charge is -2.00. The van der Waals surface area contributed by atoms with Gasteiger partial charge in [0.1, 0.15) is 0 Å². The molecule has 2 heterocycles. The van der Waals surface area contributed by atoms with Crippen LogP contribution < -0.4 is 5.73 Å². The molecule has 0 saturated heterocycles. The summed E-state index contributed by atoms with van der Waals surface area (Å²) < 4.78 is 1.74. The van der Waals surface area contributed by atoms with Crippen molar-refractivity contribution in [1.29, 1.82) is 0 Å². The number of nitrogens with two attached hydrogens (primary N) is 1. The molecular formula is C15H14N4. The third kappa shape index (κ3) is 2.33. The number of nitrogens with zero attached hydrogens (tertiary/aromatic N) is 3. The highest BCUT2D eigenvalue weighted by Crippen LogP contribution is 2.20. The molecule has 4 nitrogen and oxygen atoms in total. The molecule has 0 saturated carbocycles. The summed E-state index contributed by atoms with van der Waals surface area (Å²) in [6.45, 7) is 2.07. The maximum absolute atomic E-state index is 5.62. The van der Waals surface area contributed by atoms with Crippen LogP contribution in [0.2, 0.25) is 0 Å². The largest absolute Gasteiger partial charge is 0.397 e. The molecule has 1 aromatic carbocycles. The smallest absolute Gasteiger partial charge is 0.153 e. The van der Waals surface area contributed by atoms with Crippen molar-refractivity contribution in [3.05, 3.63) is 60.6 Å². The molecule has 0 aliphatic rings. The van der Waals surface area contributed by atoms with E-state index in [0.29, 0.717) is 5.69 Å². The van der Waals surface area contributed by atoms with Gasteiger partial charge >= 0.3 is 0 Å². The van der Waals surface area contributed by atoms with Crippen LogP contribution in [0, 0.1) is 6.92 Å². The molecule has 0 aliphatic carbocycles. The van der Waals surface area contributed by atoms with E-state index in [4.69, 9.17) is 5.73 Å². The Bertz CT molecular complexity index is 621. The first-order chi connectivity index (χ1) is 9.22. The number of aromatic nitrogens is 3. The second-order valence-electron chi connectivity index (χ2n) is 4.49. The minimum atomic E-state index is 0.648. The molecule has 0 aliphatic heterocycles. The second-order valence-corrected chi connectivity index (χ2v) is 4.49. The number of hydrogen-bond acceptors (Lipinski definition) is 3. The molecule has 0 spiro atoms. The van der Waals surface area contributed by atoms with Crippen LogP contribution in [0.5, 0.6) is 0 Å². The molecule has 19 heavy (non-hydrogen) atoms. The van der Waals surface area contributed by atoms with E-state index in [2.05, 4.69) is 41.3 Å². The molecule has 3 rings (SSSR count). The third-order valence-electron chi connectivity index (χ3n) is 2.97. The van der Waals surface area contributed by atoms with E-state index in [1.165, 1.54) is 5.56 Å². The van der Waals surface area contributed by atoms with Crippen LogP contribution in [0.1, 0.15) is 5.56 Å². The van der Waals surface area contributed by atoms with E-state index in [1.807, 2.05) is 24.5 Å². The van der Waals surface area contributed by atoms with Gasteiger partial charge in [-0.2, -0.15) is 5.10 Å². The van der Waals surface area contributed by atoms with Crippen molar-refractivity contribution in [1.82, 2.24) is 14.8 Å². The highest BCUT2D eigenvalue weighted by molar-refractivity contribution is 5.62. The van der Waals surface area contributed by atoms with E-state index in [0.717, 1.165) is 16.9 Å². The van der Waals surface area contributed by atoms with Crippen molar-refractivity contribution in [3.8, 4) is 16.9 Å². The van der Waals surface area contributed by atoms with Gasteiger partial charge in [0.15, 0.2) is 5.82 Å². The zero-order chi connectivity index (χ0) is 13.2. The Labute approximate surface area is 111 Å². The van der Waals surface area contributed by atoms with E-state index < -0.39 is 0 Å². The van der Waals surface area contributed by atoms with Gasteiger partial charge in [0, 0.05) is 11.8 Å². The molecule has 4 heteroatoms. The summed E-state index contributed by atoms with van der Waals surface area (Å²) in [7, 11) is 0. The highest BCUT2D eigenvalue weighted by atomic mass is 15.3. The average molecular weight is 250 g/mol. The first-order valence-corrected chi connectivity index (χ1v) is 6.06. The van der Waals surface area contributed by atoms with Crippen LogP contribution in [0.15, 0.2) is 55.0 Å². The van der Waals surface area contributed by atoms with Gasteiger partial charge in [0.2, 0.25) is 0 Å². The number of aryl methyl sites for hydroxylation is 1. The molecular weight excluding hydrogens is 236 g/mol. The van der Waals surface area contributed by atoms with Gasteiger partial charge in [0.25, 0.3) is 0 Å². The van der Waals surface area contributed by atoms with Crippen LogP contribution in [-0.4, -0.2) is 14.8 Å². The molecule has 0 amide bonds. The monoisotopic (exact) mass is 250 g/mol. The van der Waals surface area contributed by atoms with Gasteiger partial charge in [-0.05, 0) is 24.6 Å². The number of pyridine rings is 1. The van der Waals surface area contributed by atoms with Crippen LogP contribution in [-0.2, 0) is 0 Å². The van der Waals surface area contributed by atoms with E-state index >= 15 is 0 Å². The fourth-order valence-electron chi connectivity index (χ4n) is 1.88. The van der Waals surface area contributed by atoms with Crippen molar-refractivity contribution in [2.45, 2.75) is 6.92 Å². The first kappa shape index (κ1) is 11.5. The minimum absolute atomic E-state index is 0.648. The van der Waals surface area contributed by atoms with E-state index in [1.54, 1.807) is 10.9 Å². The molecule has 3 aromatic rings. The van der Waals surface area contributed by atoms with Gasteiger partial charge in [-0.15, -0.1) is 0 Å². The van der Waals surface area contributed by atoms with Crippen LogP contribution in [0.25, 0.3) is 16.9 Å². The first-order valence-electron chi connectivity index (χ1n) is 6.06. The summed E-state index contributed by atoms with van der Waals surface area (Å²) in [6, 6.07) is 12.0. The zero-order valence-corrected chi connectivity index (χ0v) is 10.6. The summed E-state index contributed by atoms with van der Waals surface area (Å²) in [5.41, 5.74) is 9.73. The normalized spacial score (nSPS) is 10.6. The van der Waals surface area contributed by atoms with E-state index in [-0.39, 0.29) is 0 Å². The van der Waals surface area contributed by atoms with Crippen LogP contribution >= 0.6 is 0 Å². The van der Waals surface area contributed by atoms with Crippen LogP contribution in [0.4, 0.5) is 5.69 Å². The van der Waals surface area contributed by atoms with E-state index in [9.17, 15) is 0 Å². The summed E-state index contributed by atoms with van der Waals surface area (Å²) >= 11 is 0. The maximum atomic E-state index is 5.62. The lowest BCUT2D eigenvalue weighted by atomic mass is 10.1. The average Bonchev–Trinajstić information content (AvgIpc) is 2.90. The Hall–Kier alpha value is -2.62. The molecule has 2 aromatic heterocycles. The minimum Gasteiger partial charge on any atom is -0.397 e. The number of benzene rings is 1. The number of hydrogen-bond donors (Lipinski definition) is 1. The standard InChI is InChI=1S/C15H14N4/c1-11-2-4-12(5-3-11)13-8-18-19(10-13)15-7-6-14(16)9-17-15/h2-10H,16H2,1H3. The second kappa shape index (κ2) is 4.57. The SMILES string of the molecule is Cc1ccc(-c2cnn(-c3ccc(N)cn3)c2)cc1. The lowest BCUT2D eigenvalue weighted by Crippen LogP contribution is -1.98. The zero-order valence-electron chi connectivity index (χ0n) is 10.6. The number of rotatable bonds is 2. The van der Waals surface area contributed by atoms with Crippen molar-refractivity contribution >= 4 is 5.69 Å². The molecule has 94 valence electrons. The van der Waals surface area contributed by atoms with Gasteiger partial charge in [-0.25, -0.2) is 9.67 Å². The van der Waals surface area contributed by atoms with Gasteiger partial charge in [-0.1, -0.05) is 29.8 Å². The fraction of sp³-hybridized carbons (Fsp3) is 0.0667. The summed E-state index contributed by atoms with van der Waals surface area (Å²) in [6.07, 6.45) is 5.43. The maximum Gasteiger partial charge on any atom is 0.153 e. The Kier molecular flexibility index (Phi) is 2.76. The molecule has 0 fully saturated rings. The van der Waals surface area contributed by atoms with Crippen molar-refractivity contribution in [2.24, 2.45) is 0 Å². The summed E-state index contributed by atoms with van der Waals surface area (Å²) in [5, 5.41) is 4.33. The van der Waals surface area contributed by atoms with Gasteiger partial charge in [0.05, 0.1) is 18.1 Å². The third-order valence-corrected chi connectivity index (χ3v) is 2.97. The number of nitrogen functional groups attached to an aromatic ring is 1. The quantitative estimate of drug-likeness (QED) is 0.760. The highest BCUT2D eigenvalue weighted by Gasteiger charge is 2.04. The lowest BCUT2D eigenvalue weighted by molar-refractivity contribution is 0.847. The van der Waals surface area contributed by atoms with Crippen molar-refractivity contribution < 1.29 is 0 Å². The molecule has 2 N–H and O–H groups in total. The fourth-order valence-corrected chi connectivity index (χ4v) is 1.88. The summed E-state index contributed by atoms with van der Waals surface area (Å²) in [4.78, 5) is 4.25. The molecule has 0 radical (unpaired) electrons. The van der Waals surface area contributed by atoms with Crippen LogP contribution in [0.3, 0.4) is 0 Å². The Morgan fingerprint density at radius 3 is 2.42 bits per heavy atom. The predicted molar refractivity (Wildman–Crippen MR) is 75.9 cm³/mol. The molecule has 0 atom stereocenters. The topological polar surface area (TPSA) is 56.7 Å². The Balaban J connectivity index is 1.95. The Morgan fingerprint density at radius 1 is 0.947 bits per heavy atom. The summed E-state index contributed by atoms with van der Waals surface area (Å²) in [5.74, 6) is 0.757. The Morgan fingerprint density at radius 2 is 1.74 bits per heavy atom. The van der Waals surface area contributed by atoms with Gasteiger partial charge in [-0.3, -0.25) is 0 Å². The molecule has 0 unspecified atom stereocenters. The van der Waals surface area contributed by atoms with Crippen molar-refractivity contribution in [3.63, 3.8) is 0 Å². The molecule has 0 bridgehead atoms. The predicted octanol–water partition coefficient (Wildman–Crippen LogP) is 2.82. The van der Waals surface area contributed by atoms with Crippen molar-refractivity contribution in [2.75, 3.05) is 5.73 Å². The van der Waals surface area contributed by atoms with Gasteiger partial charge < -0.3 is 5.73 Å².